The van der Waals surface area contributed by atoms with E-state index >= 15 is 0 Å². The Balaban J connectivity index is 3.14. The fourth-order valence-electron chi connectivity index (χ4n) is 1.66. The first-order valence-corrected chi connectivity index (χ1v) is 4.89. The molecule has 2 nitrogen and oxygen atoms in total. The summed E-state index contributed by atoms with van der Waals surface area (Å²) in [5, 5.41) is 9.65. The zero-order chi connectivity index (χ0) is 10.7. The quantitative estimate of drug-likeness (QED) is 0.747. The van der Waals surface area contributed by atoms with Crippen molar-refractivity contribution in [3.63, 3.8) is 0 Å². The molecule has 0 atom stereocenters. The number of ketones is 1. The molecule has 1 aromatic rings. The summed E-state index contributed by atoms with van der Waals surface area (Å²) in [7, 11) is 0. The third-order valence-electron chi connectivity index (χ3n) is 2.21. The van der Waals surface area contributed by atoms with Gasteiger partial charge in [0, 0.05) is 6.42 Å². The molecule has 0 aliphatic heterocycles. The van der Waals surface area contributed by atoms with Gasteiger partial charge in [0.25, 0.3) is 0 Å². The molecule has 0 spiro atoms. The lowest BCUT2D eigenvalue weighted by atomic mass is 9.98. The highest BCUT2D eigenvalue weighted by Crippen LogP contribution is 2.24. The molecule has 0 aliphatic carbocycles. The summed E-state index contributed by atoms with van der Waals surface area (Å²) in [4.78, 5) is 11.6. The smallest absolute Gasteiger partial charge is 0.166 e. The summed E-state index contributed by atoms with van der Waals surface area (Å²) >= 11 is 0. The Kier molecular flexibility index (Phi) is 3.28. The summed E-state index contributed by atoms with van der Waals surface area (Å²) in [5.41, 5.74) is 2.33. The number of phenols is 1. The zero-order valence-corrected chi connectivity index (χ0v) is 8.92. The standard InChI is InChI=1S/C12H16O2/c1-4-5-10(13)12-9(3)6-8(2)7-11(12)14/h6-7,14H,4-5H2,1-3H3. The van der Waals surface area contributed by atoms with Gasteiger partial charge in [-0.25, -0.2) is 0 Å². The Morgan fingerprint density at radius 1 is 1.36 bits per heavy atom. The number of hydrogen-bond donors (Lipinski definition) is 1. The van der Waals surface area contributed by atoms with Gasteiger partial charge in [-0.2, -0.15) is 0 Å². The zero-order valence-electron chi connectivity index (χ0n) is 8.92. The second kappa shape index (κ2) is 4.27. The highest BCUT2D eigenvalue weighted by molar-refractivity contribution is 5.99. The molecule has 0 amide bonds. The molecular weight excluding hydrogens is 176 g/mol. The highest BCUT2D eigenvalue weighted by Gasteiger charge is 2.13. The SMILES string of the molecule is CCCC(=O)c1c(C)cc(C)cc1O. The third-order valence-corrected chi connectivity index (χ3v) is 2.21. The van der Waals surface area contributed by atoms with Crippen LogP contribution in [0.15, 0.2) is 12.1 Å². The van der Waals surface area contributed by atoms with Gasteiger partial charge in [-0.3, -0.25) is 4.79 Å². The molecule has 0 heterocycles. The molecule has 0 unspecified atom stereocenters. The van der Waals surface area contributed by atoms with Crippen molar-refractivity contribution >= 4 is 5.78 Å². The van der Waals surface area contributed by atoms with E-state index < -0.39 is 0 Å². The Labute approximate surface area is 84.6 Å². The van der Waals surface area contributed by atoms with Crippen molar-refractivity contribution in [1.82, 2.24) is 0 Å². The van der Waals surface area contributed by atoms with Gasteiger partial charge in [0.05, 0.1) is 5.56 Å². The number of benzene rings is 1. The molecule has 0 bridgehead atoms. The second-order valence-corrected chi connectivity index (χ2v) is 3.65. The minimum absolute atomic E-state index is 0.0301. The normalized spacial score (nSPS) is 10.2. The molecule has 1 aromatic carbocycles. The van der Waals surface area contributed by atoms with E-state index in [9.17, 15) is 9.90 Å². The summed E-state index contributed by atoms with van der Waals surface area (Å²) in [6, 6.07) is 3.55. The largest absolute Gasteiger partial charge is 0.507 e. The van der Waals surface area contributed by atoms with Gasteiger partial charge in [-0.15, -0.1) is 0 Å². The number of phenolic OH excluding ortho intramolecular Hbond substituents is 1. The van der Waals surface area contributed by atoms with E-state index in [4.69, 9.17) is 0 Å². The van der Waals surface area contributed by atoms with Crippen LogP contribution in [0.25, 0.3) is 0 Å². The van der Waals surface area contributed by atoms with Crippen molar-refractivity contribution in [1.29, 1.82) is 0 Å². The molecule has 0 aliphatic rings. The van der Waals surface area contributed by atoms with Crippen LogP contribution in [-0.4, -0.2) is 10.9 Å². The Hall–Kier alpha value is -1.31. The molecule has 0 saturated carbocycles. The lowest BCUT2D eigenvalue weighted by Gasteiger charge is -2.07. The van der Waals surface area contributed by atoms with Crippen molar-refractivity contribution in [3.8, 4) is 5.75 Å². The van der Waals surface area contributed by atoms with Crippen LogP contribution >= 0.6 is 0 Å². The van der Waals surface area contributed by atoms with Crippen LogP contribution in [0.1, 0.15) is 41.3 Å². The number of carbonyl (C=O) groups excluding carboxylic acids is 1. The summed E-state index contributed by atoms with van der Waals surface area (Å²) < 4.78 is 0. The predicted molar refractivity (Wildman–Crippen MR) is 56.8 cm³/mol. The summed E-state index contributed by atoms with van der Waals surface area (Å²) in [6.45, 7) is 5.72. The number of aromatic hydroxyl groups is 1. The first-order valence-electron chi connectivity index (χ1n) is 4.89. The minimum Gasteiger partial charge on any atom is -0.507 e. The van der Waals surface area contributed by atoms with Crippen LogP contribution < -0.4 is 0 Å². The van der Waals surface area contributed by atoms with E-state index in [0.717, 1.165) is 17.5 Å². The number of carbonyl (C=O) groups is 1. The van der Waals surface area contributed by atoms with Gasteiger partial charge in [0.15, 0.2) is 5.78 Å². The predicted octanol–water partition coefficient (Wildman–Crippen LogP) is 2.99. The lowest BCUT2D eigenvalue weighted by Crippen LogP contribution is -2.02. The Morgan fingerprint density at radius 3 is 2.50 bits per heavy atom. The van der Waals surface area contributed by atoms with Crippen LogP contribution in [0.2, 0.25) is 0 Å². The van der Waals surface area contributed by atoms with E-state index in [0.29, 0.717) is 12.0 Å². The van der Waals surface area contributed by atoms with E-state index in [-0.39, 0.29) is 11.5 Å². The molecule has 76 valence electrons. The van der Waals surface area contributed by atoms with E-state index in [1.165, 1.54) is 0 Å². The highest BCUT2D eigenvalue weighted by atomic mass is 16.3. The first kappa shape index (κ1) is 10.8. The number of Topliss-reactive ketones (excluding diaryl/α,β-unsaturated/α-hetero) is 1. The van der Waals surface area contributed by atoms with E-state index in [1.807, 2.05) is 26.8 Å². The molecule has 0 saturated heterocycles. The molecular formula is C12H16O2. The van der Waals surface area contributed by atoms with Crippen molar-refractivity contribution in [3.05, 3.63) is 28.8 Å². The maximum atomic E-state index is 11.6. The Morgan fingerprint density at radius 2 is 2.00 bits per heavy atom. The third kappa shape index (κ3) is 2.13. The lowest BCUT2D eigenvalue weighted by molar-refractivity contribution is 0.0978. The summed E-state index contributed by atoms with van der Waals surface area (Å²) in [5.74, 6) is 0.142. The van der Waals surface area contributed by atoms with Crippen molar-refractivity contribution in [2.75, 3.05) is 0 Å². The average Bonchev–Trinajstić information content (AvgIpc) is 2.01. The van der Waals surface area contributed by atoms with Gasteiger partial charge < -0.3 is 5.11 Å². The molecule has 1 rings (SSSR count). The number of aryl methyl sites for hydroxylation is 2. The van der Waals surface area contributed by atoms with Crippen LogP contribution in [0.4, 0.5) is 0 Å². The van der Waals surface area contributed by atoms with Crippen molar-refractivity contribution < 1.29 is 9.90 Å². The maximum absolute atomic E-state index is 11.6. The first-order chi connectivity index (χ1) is 6.56. The van der Waals surface area contributed by atoms with Gasteiger partial charge in [-0.05, 0) is 37.5 Å². The monoisotopic (exact) mass is 192 g/mol. The molecule has 2 heteroatoms. The molecule has 0 fully saturated rings. The minimum atomic E-state index is 0.0301. The number of rotatable bonds is 3. The van der Waals surface area contributed by atoms with E-state index in [1.54, 1.807) is 6.07 Å². The fourth-order valence-corrected chi connectivity index (χ4v) is 1.66. The average molecular weight is 192 g/mol. The van der Waals surface area contributed by atoms with Crippen molar-refractivity contribution in [2.45, 2.75) is 33.6 Å². The van der Waals surface area contributed by atoms with Gasteiger partial charge in [0.1, 0.15) is 5.75 Å². The van der Waals surface area contributed by atoms with Crippen LogP contribution in [0.5, 0.6) is 5.75 Å². The van der Waals surface area contributed by atoms with Crippen LogP contribution in [-0.2, 0) is 0 Å². The van der Waals surface area contributed by atoms with Crippen LogP contribution in [0.3, 0.4) is 0 Å². The Bertz CT molecular complexity index is 330. The van der Waals surface area contributed by atoms with Crippen molar-refractivity contribution in [2.24, 2.45) is 0 Å². The van der Waals surface area contributed by atoms with Gasteiger partial charge >= 0.3 is 0 Å². The molecule has 1 N–H and O–H groups in total. The van der Waals surface area contributed by atoms with Gasteiger partial charge in [-0.1, -0.05) is 13.0 Å². The van der Waals surface area contributed by atoms with Gasteiger partial charge in [0.2, 0.25) is 0 Å². The molecule has 0 radical (unpaired) electrons. The summed E-state index contributed by atoms with van der Waals surface area (Å²) in [6.07, 6.45) is 1.31. The number of hydrogen-bond acceptors (Lipinski definition) is 2. The fraction of sp³-hybridized carbons (Fsp3) is 0.417. The maximum Gasteiger partial charge on any atom is 0.166 e. The second-order valence-electron chi connectivity index (χ2n) is 3.65. The molecule has 14 heavy (non-hydrogen) atoms. The molecule has 0 aromatic heterocycles. The van der Waals surface area contributed by atoms with Crippen LogP contribution in [0, 0.1) is 13.8 Å². The van der Waals surface area contributed by atoms with E-state index in [2.05, 4.69) is 0 Å². The topological polar surface area (TPSA) is 37.3 Å².